The molecule has 94 valence electrons. The Balaban J connectivity index is 2.51. The summed E-state index contributed by atoms with van der Waals surface area (Å²) in [5.41, 5.74) is 2.61. The van der Waals surface area contributed by atoms with Gasteiger partial charge in [-0.05, 0) is 17.9 Å². The molecule has 1 atom stereocenters. The molecule has 0 bridgehead atoms. The number of nitrogens with zero attached hydrogens (tertiary/aromatic N) is 2. The summed E-state index contributed by atoms with van der Waals surface area (Å²) >= 11 is 1.76. The van der Waals surface area contributed by atoms with Crippen molar-refractivity contribution >= 4 is 23.5 Å². The van der Waals surface area contributed by atoms with E-state index in [0.29, 0.717) is 18.3 Å². The van der Waals surface area contributed by atoms with E-state index < -0.39 is 0 Å². The molecule has 0 aromatic carbocycles. The van der Waals surface area contributed by atoms with E-state index in [1.165, 1.54) is 12.4 Å². The van der Waals surface area contributed by atoms with E-state index in [4.69, 9.17) is 5.84 Å². The summed E-state index contributed by atoms with van der Waals surface area (Å²) in [6, 6.07) is 0. The van der Waals surface area contributed by atoms with Crippen molar-refractivity contribution in [3.05, 3.63) is 18.1 Å². The smallest absolute Gasteiger partial charge is 0.271 e. The molecule has 0 spiro atoms. The fourth-order valence-electron chi connectivity index (χ4n) is 1.25. The van der Waals surface area contributed by atoms with Gasteiger partial charge in [0.1, 0.15) is 5.69 Å². The van der Waals surface area contributed by atoms with Crippen molar-refractivity contribution in [1.82, 2.24) is 15.3 Å². The molecule has 0 fully saturated rings. The van der Waals surface area contributed by atoms with Crippen molar-refractivity contribution in [2.45, 2.75) is 6.92 Å². The molecule has 1 aromatic heterocycles. The van der Waals surface area contributed by atoms with Crippen LogP contribution >= 0.6 is 11.8 Å². The first-order valence-electron chi connectivity index (χ1n) is 5.23. The largest absolute Gasteiger partial charge is 0.350 e. The van der Waals surface area contributed by atoms with Crippen molar-refractivity contribution in [1.29, 1.82) is 0 Å². The highest BCUT2D eigenvalue weighted by molar-refractivity contribution is 7.98. The van der Waals surface area contributed by atoms with Crippen LogP contribution in [0, 0.1) is 5.92 Å². The molecular weight excluding hydrogens is 238 g/mol. The number of carbonyl (C=O) groups is 1. The Kier molecular flexibility index (Phi) is 5.71. The molecule has 0 saturated heterocycles. The van der Waals surface area contributed by atoms with E-state index in [1.807, 2.05) is 6.26 Å². The van der Waals surface area contributed by atoms with Crippen LogP contribution < -0.4 is 16.6 Å². The van der Waals surface area contributed by atoms with E-state index >= 15 is 0 Å². The number of nitrogen functional groups attached to an aromatic ring is 1. The lowest BCUT2D eigenvalue weighted by Gasteiger charge is -2.10. The number of anilines is 1. The minimum absolute atomic E-state index is 0.234. The minimum atomic E-state index is -0.234. The van der Waals surface area contributed by atoms with E-state index in [-0.39, 0.29) is 11.6 Å². The number of thioether (sulfide) groups is 1. The van der Waals surface area contributed by atoms with Crippen LogP contribution in [0.25, 0.3) is 0 Å². The van der Waals surface area contributed by atoms with Crippen LogP contribution in [0.5, 0.6) is 0 Å². The molecule has 17 heavy (non-hydrogen) atoms. The van der Waals surface area contributed by atoms with Gasteiger partial charge in [-0.25, -0.2) is 10.8 Å². The second-order valence-corrected chi connectivity index (χ2v) is 4.62. The van der Waals surface area contributed by atoms with Crippen LogP contribution in [-0.2, 0) is 0 Å². The molecular formula is C10H17N5OS. The summed E-state index contributed by atoms with van der Waals surface area (Å²) in [4.78, 5) is 19.6. The quantitative estimate of drug-likeness (QED) is 0.506. The molecule has 1 heterocycles. The van der Waals surface area contributed by atoms with Gasteiger partial charge in [0.15, 0.2) is 5.82 Å². The van der Waals surface area contributed by atoms with Crippen LogP contribution in [0.2, 0.25) is 0 Å². The van der Waals surface area contributed by atoms with Crippen molar-refractivity contribution < 1.29 is 4.79 Å². The Morgan fingerprint density at radius 3 is 3.00 bits per heavy atom. The Morgan fingerprint density at radius 1 is 1.59 bits per heavy atom. The Hall–Kier alpha value is -1.34. The summed E-state index contributed by atoms with van der Waals surface area (Å²) in [7, 11) is 0. The predicted octanol–water partition coefficient (Wildman–Crippen LogP) is 0.491. The minimum Gasteiger partial charge on any atom is -0.350 e. The number of nitrogens with one attached hydrogen (secondary N) is 2. The second kappa shape index (κ2) is 7.08. The van der Waals surface area contributed by atoms with Crippen LogP contribution in [0.4, 0.5) is 5.82 Å². The van der Waals surface area contributed by atoms with Gasteiger partial charge in [-0.15, -0.1) is 0 Å². The Bertz CT molecular complexity index is 373. The molecule has 0 saturated carbocycles. The Morgan fingerprint density at radius 2 is 2.35 bits per heavy atom. The molecule has 0 radical (unpaired) electrons. The number of rotatable bonds is 6. The number of nitrogens with two attached hydrogens (primary N) is 1. The van der Waals surface area contributed by atoms with Crippen LogP contribution in [0.15, 0.2) is 12.4 Å². The summed E-state index contributed by atoms with van der Waals surface area (Å²) in [6.45, 7) is 2.71. The lowest BCUT2D eigenvalue weighted by Crippen LogP contribution is -2.30. The molecule has 7 heteroatoms. The van der Waals surface area contributed by atoms with Crippen LogP contribution in [-0.4, -0.2) is 34.4 Å². The first-order valence-corrected chi connectivity index (χ1v) is 6.62. The van der Waals surface area contributed by atoms with Gasteiger partial charge in [-0.3, -0.25) is 9.78 Å². The van der Waals surface area contributed by atoms with Crippen molar-refractivity contribution in [3.63, 3.8) is 0 Å². The van der Waals surface area contributed by atoms with Gasteiger partial charge < -0.3 is 10.7 Å². The van der Waals surface area contributed by atoms with Gasteiger partial charge >= 0.3 is 0 Å². The topological polar surface area (TPSA) is 92.9 Å². The second-order valence-electron chi connectivity index (χ2n) is 3.70. The van der Waals surface area contributed by atoms with Gasteiger partial charge in [0.2, 0.25) is 0 Å². The Labute approximate surface area is 105 Å². The highest BCUT2D eigenvalue weighted by Crippen LogP contribution is 2.04. The standard InChI is InChI=1S/C10H17N5OS/c1-7(6-17-2)3-13-10(16)8-4-12-5-9(14-8)15-11/h4-5,7H,3,6,11H2,1-2H3,(H,13,16)(H,14,15). The third-order valence-corrected chi connectivity index (χ3v) is 2.98. The number of carbonyl (C=O) groups excluding carboxylic acids is 1. The molecule has 4 N–H and O–H groups in total. The zero-order valence-corrected chi connectivity index (χ0v) is 10.8. The van der Waals surface area contributed by atoms with Gasteiger partial charge in [0.25, 0.3) is 5.91 Å². The molecule has 1 amide bonds. The molecule has 1 unspecified atom stereocenters. The van der Waals surface area contributed by atoms with E-state index in [1.54, 1.807) is 11.8 Å². The van der Waals surface area contributed by atoms with Gasteiger partial charge in [0.05, 0.1) is 12.4 Å². The number of aromatic nitrogens is 2. The normalized spacial score (nSPS) is 11.9. The first-order chi connectivity index (χ1) is 8.17. The third-order valence-electron chi connectivity index (χ3n) is 2.08. The zero-order chi connectivity index (χ0) is 12.7. The van der Waals surface area contributed by atoms with Gasteiger partial charge in [0, 0.05) is 6.54 Å². The van der Waals surface area contributed by atoms with Crippen molar-refractivity contribution in [2.24, 2.45) is 11.8 Å². The molecule has 6 nitrogen and oxygen atoms in total. The molecule has 0 aliphatic heterocycles. The molecule has 1 aromatic rings. The summed E-state index contributed by atoms with van der Waals surface area (Å²) in [5.74, 6) is 6.77. The summed E-state index contributed by atoms with van der Waals surface area (Å²) in [5, 5.41) is 2.81. The number of hydrogen-bond donors (Lipinski definition) is 3. The number of hydrogen-bond acceptors (Lipinski definition) is 6. The van der Waals surface area contributed by atoms with Crippen molar-refractivity contribution in [2.75, 3.05) is 24.0 Å². The zero-order valence-electron chi connectivity index (χ0n) is 9.93. The summed E-state index contributed by atoms with van der Waals surface area (Å²) < 4.78 is 0. The average Bonchev–Trinajstić information content (AvgIpc) is 2.36. The maximum absolute atomic E-state index is 11.7. The van der Waals surface area contributed by atoms with Gasteiger partial charge in [-0.2, -0.15) is 11.8 Å². The van der Waals surface area contributed by atoms with Crippen LogP contribution in [0.1, 0.15) is 17.4 Å². The fraction of sp³-hybridized carbons (Fsp3) is 0.500. The predicted molar refractivity (Wildman–Crippen MR) is 69.7 cm³/mol. The summed E-state index contributed by atoms with van der Waals surface area (Å²) in [6.07, 6.45) is 4.91. The third kappa shape index (κ3) is 4.58. The average molecular weight is 255 g/mol. The SMILES string of the molecule is CSCC(C)CNC(=O)c1cncc(NN)n1. The lowest BCUT2D eigenvalue weighted by molar-refractivity contribution is 0.0944. The van der Waals surface area contributed by atoms with Gasteiger partial charge in [-0.1, -0.05) is 6.92 Å². The number of hydrazine groups is 1. The monoisotopic (exact) mass is 255 g/mol. The van der Waals surface area contributed by atoms with E-state index in [9.17, 15) is 4.79 Å². The molecule has 0 aliphatic rings. The van der Waals surface area contributed by atoms with Crippen molar-refractivity contribution in [3.8, 4) is 0 Å². The highest BCUT2D eigenvalue weighted by atomic mass is 32.2. The first kappa shape index (κ1) is 13.7. The maximum Gasteiger partial charge on any atom is 0.271 e. The number of amides is 1. The van der Waals surface area contributed by atoms with E-state index in [2.05, 4.69) is 27.6 Å². The fourth-order valence-corrected chi connectivity index (χ4v) is 1.93. The maximum atomic E-state index is 11.7. The molecule has 1 rings (SSSR count). The highest BCUT2D eigenvalue weighted by Gasteiger charge is 2.09. The lowest BCUT2D eigenvalue weighted by atomic mass is 10.2. The molecule has 0 aliphatic carbocycles. The van der Waals surface area contributed by atoms with Crippen LogP contribution in [0.3, 0.4) is 0 Å². The van der Waals surface area contributed by atoms with E-state index in [0.717, 1.165) is 5.75 Å².